The number of rotatable bonds is 4. The fraction of sp³-hybridized carbons (Fsp3) is 0.120. The molecule has 1 aliphatic heterocycles. The number of anilines is 2. The molecule has 3 aromatic rings. The monoisotopic (exact) mass is 416 g/mol. The Kier molecular flexibility index (Phi) is 5.18. The first-order valence-corrected chi connectivity index (χ1v) is 10.0. The molecule has 0 unspecified atom stereocenters. The van der Waals surface area contributed by atoms with Crippen molar-refractivity contribution in [1.82, 2.24) is 0 Å². The van der Waals surface area contributed by atoms with Gasteiger partial charge in [-0.3, -0.25) is 9.59 Å². The van der Waals surface area contributed by atoms with E-state index in [9.17, 15) is 9.59 Å². The third kappa shape index (κ3) is 3.62. The Balaban J connectivity index is 1.82. The molecule has 30 heavy (non-hydrogen) atoms. The van der Waals surface area contributed by atoms with Crippen LogP contribution in [0.5, 0.6) is 0 Å². The molecule has 0 aliphatic carbocycles. The number of benzene rings is 3. The highest BCUT2D eigenvalue weighted by atomic mass is 35.5. The van der Waals surface area contributed by atoms with E-state index in [1.54, 1.807) is 24.3 Å². The van der Waals surface area contributed by atoms with Crippen molar-refractivity contribution in [1.29, 1.82) is 0 Å². The van der Waals surface area contributed by atoms with Crippen LogP contribution < -0.4 is 10.2 Å². The number of hydrogen-bond acceptors (Lipinski definition) is 3. The molecule has 0 atom stereocenters. The van der Waals surface area contributed by atoms with Gasteiger partial charge in [0.2, 0.25) is 0 Å². The summed E-state index contributed by atoms with van der Waals surface area (Å²) in [5.74, 6) is -0.756. The molecule has 0 bridgehead atoms. The van der Waals surface area contributed by atoms with Gasteiger partial charge in [-0.05, 0) is 73.9 Å². The van der Waals surface area contributed by atoms with Gasteiger partial charge in [-0.2, -0.15) is 0 Å². The lowest BCUT2D eigenvalue weighted by Gasteiger charge is -2.15. The van der Waals surface area contributed by atoms with Crippen LogP contribution in [0.15, 0.2) is 72.4 Å². The van der Waals surface area contributed by atoms with Gasteiger partial charge in [-0.25, -0.2) is 4.90 Å². The van der Waals surface area contributed by atoms with Gasteiger partial charge < -0.3 is 5.32 Å². The summed E-state index contributed by atoms with van der Waals surface area (Å²) in [5, 5.41) is 3.74. The van der Waals surface area contributed by atoms with E-state index in [4.69, 9.17) is 11.6 Å². The number of amides is 2. The first-order chi connectivity index (χ1) is 14.3. The molecule has 3 aromatic carbocycles. The van der Waals surface area contributed by atoms with Crippen LogP contribution in [-0.4, -0.2) is 11.8 Å². The fourth-order valence-electron chi connectivity index (χ4n) is 3.42. The average molecular weight is 417 g/mol. The van der Waals surface area contributed by atoms with Crippen LogP contribution in [0.25, 0.3) is 5.57 Å². The van der Waals surface area contributed by atoms with Crippen LogP contribution in [0.1, 0.15) is 22.3 Å². The number of imide groups is 1. The molecule has 0 saturated heterocycles. The maximum absolute atomic E-state index is 13.4. The van der Waals surface area contributed by atoms with Gasteiger partial charge in [-0.1, -0.05) is 47.5 Å². The lowest BCUT2D eigenvalue weighted by molar-refractivity contribution is -0.120. The van der Waals surface area contributed by atoms with E-state index in [1.807, 2.05) is 63.2 Å². The quantitative estimate of drug-likeness (QED) is 0.558. The molecule has 5 heteroatoms. The Hall–Kier alpha value is -3.37. The second-order valence-electron chi connectivity index (χ2n) is 7.46. The normalized spacial score (nSPS) is 13.9. The SMILES string of the molecule is Cc1ccc(C2=C(Nc3ccc(C)c(C)c3)C(=O)N(c3ccc(Cl)cc3)C2=O)cc1. The Labute approximate surface area is 180 Å². The summed E-state index contributed by atoms with van der Waals surface area (Å²) in [6, 6.07) is 20.1. The van der Waals surface area contributed by atoms with Gasteiger partial charge in [0.05, 0.1) is 11.3 Å². The lowest BCUT2D eigenvalue weighted by Crippen LogP contribution is -2.32. The smallest absolute Gasteiger partial charge is 0.282 e. The Morgan fingerprint density at radius 3 is 2.07 bits per heavy atom. The van der Waals surface area contributed by atoms with Crippen molar-refractivity contribution in [2.75, 3.05) is 10.2 Å². The van der Waals surface area contributed by atoms with Crippen molar-refractivity contribution in [2.45, 2.75) is 20.8 Å². The van der Waals surface area contributed by atoms with Gasteiger partial charge in [0.1, 0.15) is 5.70 Å². The Morgan fingerprint density at radius 2 is 1.43 bits per heavy atom. The van der Waals surface area contributed by atoms with E-state index >= 15 is 0 Å². The van der Waals surface area contributed by atoms with Gasteiger partial charge in [0.25, 0.3) is 11.8 Å². The maximum atomic E-state index is 13.4. The third-order valence-electron chi connectivity index (χ3n) is 5.29. The van der Waals surface area contributed by atoms with Crippen molar-refractivity contribution in [3.63, 3.8) is 0 Å². The molecule has 4 rings (SSSR count). The van der Waals surface area contributed by atoms with Crippen LogP contribution in [0.3, 0.4) is 0 Å². The van der Waals surface area contributed by atoms with E-state index in [1.165, 1.54) is 4.90 Å². The minimum absolute atomic E-state index is 0.266. The Bertz CT molecular complexity index is 1180. The van der Waals surface area contributed by atoms with Crippen LogP contribution in [0, 0.1) is 20.8 Å². The number of carbonyl (C=O) groups excluding carboxylic acids is 2. The summed E-state index contributed by atoms with van der Waals surface area (Å²) >= 11 is 5.98. The van der Waals surface area contributed by atoms with E-state index in [0.29, 0.717) is 21.8 Å². The molecule has 0 saturated carbocycles. The highest BCUT2D eigenvalue weighted by molar-refractivity contribution is 6.46. The summed E-state index contributed by atoms with van der Waals surface area (Å²) < 4.78 is 0. The predicted octanol–water partition coefficient (Wildman–Crippen LogP) is 5.66. The van der Waals surface area contributed by atoms with Crippen LogP contribution >= 0.6 is 11.6 Å². The van der Waals surface area contributed by atoms with E-state index < -0.39 is 5.91 Å². The predicted molar refractivity (Wildman–Crippen MR) is 122 cm³/mol. The molecule has 0 radical (unpaired) electrons. The molecule has 0 fully saturated rings. The molecule has 0 aromatic heterocycles. The van der Waals surface area contributed by atoms with Crippen molar-refractivity contribution in [3.8, 4) is 0 Å². The van der Waals surface area contributed by atoms with Gasteiger partial charge in [0.15, 0.2) is 0 Å². The largest absolute Gasteiger partial charge is 0.350 e. The molecular formula is C25H21ClN2O2. The van der Waals surface area contributed by atoms with Gasteiger partial charge in [0, 0.05) is 10.7 Å². The summed E-state index contributed by atoms with van der Waals surface area (Å²) in [4.78, 5) is 27.9. The van der Waals surface area contributed by atoms with Crippen LogP contribution in [0.4, 0.5) is 11.4 Å². The number of hydrogen-bond donors (Lipinski definition) is 1. The molecule has 4 nitrogen and oxygen atoms in total. The molecule has 1 aliphatic rings. The van der Waals surface area contributed by atoms with Crippen molar-refractivity contribution in [2.24, 2.45) is 0 Å². The molecule has 1 heterocycles. The molecule has 150 valence electrons. The lowest BCUT2D eigenvalue weighted by atomic mass is 10.0. The minimum Gasteiger partial charge on any atom is -0.350 e. The summed E-state index contributed by atoms with van der Waals surface area (Å²) in [7, 11) is 0. The van der Waals surface area contributed by atoms with E-state index in [2.05, 4.69) is 5.32 Å². The highest BCUT2D eigenvalue weighted by Crippen LogP contribution is 2.34. The van der Waals surface area contributed by atoms with Gasteiger partial charge in [-0.15, -0.1) is 0 Å². The van der Waals surface area contributed by atoms with Crippen molar-refractivity contribution in [3.05, 3.63) is 99.7 Å². The van der Waals surface area contributed by atoms with Crippen molar-refractivity contribution >= 4 is 40.4 Å². The topological polar surface area (TPSA) is 49.4 Å². The standard InChI is InChI=1S/C25H21ClN2O2/c1-15-4-7-18(8-5-15)22-23(27-20-11-6-16(2)17(3)14-20)25(30)28(24(22)29)21-12-9-19(26)10-13-21/h4-14,27H,1-3H3. The highest BCUT2D eigenvalue weighted by Gasteiger charge is 2.40. The number of nitrogens with one attached hydrogen (secondary N) is 1. The second kappa shape index (κ2) is 7.81. The molecule has 0 spiro atoms. The first kappa shape index (κ1) is 19.9. The van der Waals surface area contributed by atoms with Crippen LogP contribution in [-0.2, 0) is 9.59 Å². The summed E-state index contributed by atoms with van der Waals surface area (Å²) in [6.07, 6.45) is 0. The molecule has 1 N–H and O–H groups in total. The third-order valence-corrected chi connectivity index (χ3v) is 5.54. The number of aryl methyl sites for hydroxylation is 3. The minimum atomic E-state index is -0.392. The number of carbonyl (C=O) groups is 2. The Morgan fingerprint density at radius 1 is 0.767 bits per heavy atom. The fourth-order valence-corrected chi connectivity index (χ4v) is 3.55. The molecule has 2 amide bonds. The van der Waals surface area contributed by atoms with Crippen LogP contribution in [0.2, 0.25) is 5.02 Å². The van der Waals surface area contributed by atoms with Crippen molar-refractivity contribution < 1.29 is 9.59 Å². The van der Waals surface area contributed by atoms with Gasteiger partial charge >= 0.3 is 0 Å². The molecular weight excluding hydrogens is 396 g/mol. The van der Waals surface area contributed by atoms with E-state index in [0.717, 1.165) is 22.4 Å². The maximum Gasteiger partial charge on any atom is 0.282 e. The number of nitrogens with zero attached hydrogens (tertiary/aromatic N) is 1. The summed E-state index contributed by atoms with van der Waals surface area (Å²) in [6.45, 7) is 6.02. The first-order valence-electron chi connectivity index (χ1n) is 9.65. The number of halogens is 1. The zero-order chi connectivity index (χ0) is 21.4. The summed E-state index contributed by atoms with van der Waals surface area (Å²) in [5.41, 5.74) is 5.90. The van der Waals surface area contributed by atoms with E-state index in [-0.39, 0.29) is 11.6 Å². The second-order valence-corrected chi connectivity index (χ2v) is 7.90. The zero-order valence-corrected chi connectivity index (χ0v) is 17.7. The zero-order valence-electron chi connectivity index (χ0n) is 17.0. The average Bonchev–Trinajstić information content (AvgIpc) is 2.96.